The maximum Gasteiger partial charge on any atom is 0.325 e. The van der Waals surface area contributed by atoms with Crippen LogP contribution in [0, 0.1) is 30.3 Å². The highest BCUT2D eigenvalue weighted by Crippen LogP contribution is 2.40. The fourth-order valence-electron chi connectivity index (χ4n) is 1.34. The van der Waals surface area contributed by atoms with Crippen molar-refractivity contribution in [3.05, 3.63) is 42.5 Å². The zero-order valence-electron chi connectivity index (χ0n) is 10.2. The third kappa shape index (κ3) is 3.80. The molecular weight excluding hydrogens is 294 g/mol. The summed E-state index contributed by atoms with van der Waals surface area (Å²) >= 11 is 0. The highest BCUT2D eigenvalue weighted by molar-refractivity contribution is 5.65. The van der Waals surface area contributed by atoms with Crippen LogP contribution in [-0.2, 0) is 0 Å². The average Bonchev–Trinajstić information content (AvgIpc) is 2.43. The first-order chi connectivity index (χ1) is 9.77. The largest absolute Gasteiger partial charge is 0.479 e. The van der Waals surface area contributed by atoms with E-state index >= 15 is 0 Å². The van der Waals surface area contributed by atoms with E-state index in [-0.39, 0.29) is 0 Å². The molecule has 0 heterocycles. The molecule has 0 bridgehead atoms. The second-order valence-corrected chi connectivity index (χ2v) is 3.73. The minimum Gasteiger partial charge on any atom is -0.479 e. The number of non-ortho nitro benzene ring substituents is 1. The number of nitro groups is 3. The molecule has 1 aromatic carbocycles. The molecule has 0 aliphatic carbocycles. The Bertz CT molecular complexity index is 553. The molecule has 1 aromatic rings. The van der Waals surface area contributed by atoms with Crippen LogP contribution in [0.3, 0.4) is 0 Å². The molecule has 0 radical (unpaired) electrons. The van der Waals surface area contributed by atoms with Crippen LogP contribution in [-0.4, -0.2) is 44.3 Å². The molecule has 0 aliphatic heterocycles. The predicted molar refractivity (Wildman–Crippen MR) is 65.0 cm³/mol. The fraction of sp³-hybridized carbons (Fsp3) is 0.333. The lowest BCUT2D eigenvalue weighted by molar-refractivity contribution is -0.404. The van der Waals surface area contributed by atoms with E-state index in [1.807, 2.05) is 0 Å². The van der Waals surface area contributed by atoms with Crippen molar-refractivity contribution < 1.29 is 29.7 Å². The van der Waals surface area contributed by atoms with Crippen LogP contribution in [0.25, 0.3) is 0 Å². The SMILES string of the molecule is O=[N+]([O-])c1cc([N+](=O)[O-])c(OC[C@@H](O)CO)c([N+](=O)[O-])c1. The quantitative estimate of drug-likeness (QED) is 0.523. The molecule has 0 aliphatic rings. The van der Waals surface area contributed by atoms with Crippen LogP contribution in [0.1, 0.15) is 0 Å². The lowest BCUT2D eigenvalue weighted by Crippen LogP contribution is -2.22. The first-order valence-corrected chi connectivity index (χ1v) is 5.30. The van der Waals surface area contributed by atoms with Gasteiger partial charge in [0, 0.05) is 0 Å². The van der Waals surface area contributed by atoms with Crippen molar-refractivity contribution in [3.63, 3.8) is 0 Å². The summed E-state index contributed by atoms with van der Waals surface area (Å²) in [4.78, 5) is 29.1. The van der Waals surface area contributed by atoms with Gasteiger partial charge in [0.25, 0.3) is 11.4 Å². The Morgan fingerprint density at radius 2 is 1.52 bits per heavy atom. The van der Waals surface area contributed by atoms with Crippen molar-refractivity contribution in [3.8, 4) is 5.75 Å². The molecule has 1 atom stereocenters. The minimum absolute atomic E-state index is 0.508. The van der Waals surface area contributed by atoms with Gasteiger partial charge in [-0.2, -0.15) is 0 Å². The van der Waals surface area contributed by atoms with Crippen LogP contribution < -0.4 is 4.74 Å². The summed E-state index contributed by atoms with van der Waals surface area (Å²) in [5, 5.41) is 50.0. The summed E-state index contributed by atoms with van der Waals surface area (Å²) in [6, 6.07) is 1.02. The van der Waals surface area contributed by atoms with Gasteiger partial charge in [-0.1, -0.05) is 0 Å². The summed E-state index contributed by atoms with van der Waals surface area (Å²) in [5.74, 6) is -0.830. The molecule has 0 saturated carbocycles. The Balaban J connectivity index is 3.39. The Morgan fingerprint density at radius 1 is 1.05 bits per heavy atom. The first kappa shape index (κ1) is 16.2. The molecule has 2 N–H and O–H groups in total. The van der Waals surface area contributed by atoms with Crippen molar-refractivity contribution in [1.29, 1.82) is 0 Å². The minimum atomic E-state index is -1.42. The molecule has 0 unspecified atom stereocenters. The number of benzene rings is 1. The fourth-order valence-corrected chi connectivity index (χ4v) is 1.34. The van der Waals surface area contributed by atoms with Crippen molar-refractivity contribution in [2.45, 2.75) is 6.10 Å². The van der Waals surface area contributed by atoms with E-state index in [1.165, 1.54) is 0 Å². The first-order valence-electron chi connectivity index (χ1n) is 5.30. The molecule has 1 rings (SSSR count). The van der Waals surface area contributed by atoms with Gasteiger partial charge in [-0.25, -0.2) is 0 Å². The molecule has 12 nitrogen and oxygen atoms in total. The van der Waals surface area contributed by atoms with Gasteiger partial charge < -0.3 is 14.9 Å². The van der Waals surface area contributed by atoms with Gasteiger partial charge >= 0.3 is 11.4 Å². The van der Waals surface area contributed by atoms with Crippen LogP contribution in [0.15, 0.2) is 12.1 Å². The highest BCUT2D eigenvalue weighted by Gasteiger charge is 2.32. The van der Waals surface area contributed by atoms with Crippen LogP contribution in [0.5, 0.6) is 5.75 Å². The molecule has 0 aromatic heterocycles. The molecule has 21 heavy (non-hydrogen) atoms. The topological polar surface area (TPSA) is 179 Å². The second-order valence-electron chi connectivity index (χ2n) is 3.73. The molecular formula is C9H9N3O9. The van der Waals surface area contributed by atoms with Crippen molar-refractivity contribution in [2.24, 2.45) is 0 Å². The van der Waals surface area contributed by atoms with Crippen molar-refractivity contribution in [1.82, 2.24) is 0 Å². The maximum atomic E-state index is 10.9. The third-order valence-corrected chi connectivity index (χ3v) is 2.27. The lowest BCUT2D eigenvalue weighted by Gasteiger charge is -2.10. The summed E-state index contributed by atoms with van der Waals surface area (Å²) in [7, 11) is 0. The van der Waals surface area contributed by atoms with E-state index < -0.39 is 56.9 Å². The van der Waals surface area contributed by atoms with Crippen LogP contribution in [0.2, 0.25) is 0 Å². The molecule has 0 fully saturated rings. The van der Waals surface area contributed by atoms with E-state index in [4.69, 9.17) is 14.9 Å². The zero-order chi connectivity index (χ0) is 16.2. The van der Waals surface area contributed by atoms with E-state index in [9.17, 15) is 30.3 Å². The Morgan fingerprint density at radius 3 is 1.86 bits per heavy atom. The van der Waals surface area contributed by atoms with Crippen molar-refractivity contribution >= 4 is 17.1 Å². The summed E-state index contributed by atoms with van der Waals surface area (Å²) in [5.41, 5.74) is -2.81. The van der Waals surface area contributed by atoms with Gasteiger partial charge in [0.05, 0.1) is 33.5 Å². The normalized spacial score (nSPS) is 11.7. The standard InChI is InChI=1S/C9H9N3O9/c13-3-6(14)4-21-9-7(11(17)18)1-5(10(15)16)2-8(9)12(19)20/h1-2,6,13-14H,3-4H2/t6-/m0/s1. The van der Waals surface area contributed by atoms with E-state index in [2.05, 4.69) is 0 Å². The summed E-state index contributed by atoms with van der Waals surface area (Å²) in [6.45, 7) is -1.38. The Kier molecular flexibility index (Phi) is 5.04. The second kappa shape index (κ2) is 6.53. The molecule has 0 amide bonds. The van der Waals surface area contributed by atoms with Crippen LogP contribution >= 0.6 is 0 Å². The average molecular weight is 303 g/mol. The monoisotopic (exact) mass is 303 g/mol. The summed E-state index contributed by atoms with van der Waals surface area (Å²) < 4.78 is 4.76. The predicted octanol–water partition coefficient (Wildman–Crippen LogP) is 0.143. The van der Waals surface area contributed by atoms with E-state index in [0.29, 0.717) is 12.1 Å². The van der Waals surface area contributed by atoms with Gasteiger partial charge in [-0.3, -0.25) is 30.3 Å². The Labute approximate surface area is 115 Å². The third-order valence-electron chi connectivity index (χ3n) is 2.27. The number of aliphatic hydroxyl groups is 2. The van der Waals surface area contributed by atoms with Gasteiger partial charge in [0.2, 0.25) is 0 Å². The lowest BCUT2D eigenvalue weighted by atomic mass is 10.2. The maximum absolute atomic E-state index is 10.9. The van der Waals surface area contributed by atoms with Gasteiger partial charge in [-0.15, -0.1) is 0 Å². The molecule has 114 valence electrons. The Hall–Kier alpha value is -2.86. The zero-order valence-corrected chi connectivity index (χ0v) is 10.2. The van der Waals surface area contributed by atoms with Gasteiger partial charge in [0.1, 0.15) is 12.7 Å². The number of nitrogens with zero attached hydrogens (tertiary/aromatic N) is 3. The van der Waals surface area contributed by atoms with E-state index in [0.717, 1.165) is 0 Å². The number of nitro benzene ring substituents is 3. The molecule has 0 spiro atoms. The molecule has 12 heteroatoms. The number of hydrogen-bond donors (Lipinski definition) is 2. The highest BCUT2D eigenvalue weighted by atomic mass is 16.6. The van der Waals surface area contributed by atoms with Crippen molar-refractivity contribution in [2.75, 3.05) is 13.2 Å². The molecule has 0 saturated heterocycles. The van der Waals surface area contributed by atoms with Crippen LogP contribution in [0.4, 0.5) is 17.1 Å². The number of aliphatic hydroxyl groups excluding tert-OH is 2. The number of ether oxygens (including phenoxy) is 1. The number of hydrogen-bond acceptors (Lipinski definition) is 9. The van der Waals surface area contributed by atoms with E-state index in [1.54, 1.807) is 0 Å². The van der Waals surface area contributed by atoms with Gasteiger partial charge in [-0.05, 0) is 0 Å². The smallest absolute Gasteiger partial charge is 0.325 e. The van der Waals surface area contributed by atoms with Gasteiger partial charge in [0.15, 0.2) is 0 Å². The summed E-state index contributed by atoms with van der Waals surface area (Å²) in [6.07, 6.45) is -1.42. The number of rotatable bonds is 7.